The van der Waals surface area contributed by atoms with Gasteiger partial charge in [-0.25, -0.2) is 0 Å². The summed E-state index contributed by atoms with van der Waals surface area (Å²) >= 11 is 1.94. The number of rotatable bonds is 3. The Morgan fingerprint density at radius 2 is 2.00 bits per heavy atom. The van der Waals surface area contributed by atoms with Gasteiger partial charge in [0.25, 0.3) is 0 Å². The highest BCUT2D eigenvalue weighted by molar-refractivity contribution is 7.19. The van der Waals surface area contributed by atoms with E-state index in [1.54, 1.807) is 12.0 Å². The molecule has 0 N–H and O–H groups in total. The topological polar surface area (TPSA) is 9.23 Å². The zero-order valence-corrected chi connectivity index (χ0v) is 11.8. The number of fused-ring (bicyclic) bond motifs is 1. The van der Waals surface area contributed by atoms with Crippen LogP contribution in [0.1, 0.15) is 37.0 Å². The monoisotopic (exact) mass is 260 g/mol. The second-order valence-electron chi connectivity index (χ2n) is 5.32. The predicted molar refractivity (Wildman–Crippen MR) is 78.7 cm³/mol. The first kappa shape index (κ1) is 12.0. The zero-order valence-electron chi connectivity index (χ0n) is 10.9. The molecule has 1 aromatic carbocycles. The number of benzene rings is 1. The van der Waals surface area contributed by atoms with Crippen LogP contribution in [-0.2, 0) is 6.42 Å². The maximum Gasteiger partial charge on any atom is 0.120 e. The lowest BCUT2D eigenvalue weighted by Crippen LogP contribution is -2.08. The van der Waals surface area contributed by atoms with Gasteiger partial charge in [0.05, 0.1) is 7.11 Å². The van der Waals surface area contributed by atoms with Gasteiger partial charge in [-0.1, -0.05) is 32.1 Å². The Morgan fingerprint density at radius 3 is 2.78 bits per heavy atom. The number of hydrogen-bond donors (Lipinski definition) is 0. The van der Waals surface area contributed by atoms with Gasteiger partial charge in [0.15, 0.2) is 0 Å². The van der Waals surface area contributed by atoms with Crippen molar-refractivity contribution >= 4 is 21.4 Å². The van der Waals surface area contributed by atoms with Crippen molar-refractivity contribution in [2.24, 2.45) is 5.92 Å². The minimum atomic E-state index is 0.925. The minimum Gasteiger partial charge on any atom is -0.497 e. The molecule has 18 heavy (non-hydrogen) atoms. The van der Waals surface area contributed by atoms with Crippen LogP contribution in [-0.4, -0.2) is 7.11 Å². The van der Waals surface area contributed by atoms with E-state index in [9.17, 15) is 0 Å². The average Bonchev–Trinajstić information content (AvgIpc) is 2.80. The lowest BCUT2D eigenvalue weighted by molar-refractivity contribution is 0.358. The highest BCUT2D eigenvalue weighted by Crippen LogP contribution is 2.33. The molecule has 1 aliphatic carbocycles. The van der Waals surface area contributed by atoms with Gasteiger partial charge >= 0.3 is 0 Å². The summed E-state index contributed by atoms with van der Waals surface area (Å²) in [4.78, 5) is 1.55. The van der Waals surface area contributed by atoms with Gasteiger partial charge in [0.2, 0.25) is 0 Å². The molecule has 2 heteroatoms. The third-order valence-electron chi connectivity index (χ3n) is 3.99. The molecule has 3 rings (SSSR count). The molecule has 1 aliphatic rings. The van der Waals surface area contributed by atoms with E-state index in [0.29, 0.717) is 0 Å². The van der Waals surface area contributed by atoms with Gasteiger partial charge in [-0.2, -0.15) is 0 Å². The van der Waals surface area contributed by atoms with Gasteiger partial charge in [0.1, 0.15) is 5.75 Å². The Morgan fingerprint density at radius 1 is 1.17 bits per heavy atom. The fraction of sp³-hybridized carbons (Fsp3) is 0.500. The fourth-order valence-electron chi connectivity index (χ4n) is 2.97. The molecule has 1 fully saturated rings. The Balaban J connectivity index is 1.79. The first-order valence-electron chi connectivity index (χ1n) is 6.91. The summed E-state index contributed by atoms with van der Waals surface area (Å²) in [5.41, 5.74) is 0. The van der Waals surface area contributed by atoms with E-state index in [0.717, 1.165) is 11.7 Å². The predicted octanol–water partition coefficient (Wildman–Crippen LogP) is 5.03. The maximum atomic E-state index is 5.29. The molecular formula is C16H20OS. The van der Waals surface area contributed by atoms with Crippen molar-refractivity contribution in [3.8, 4) is 5.75 Å². The molecule has 0 spiro atoms. The van der Waals surface area contributed by atoms with E-state index in [4.69, 9.17) is 4.74 Å². The summed E-state index contributed by atoms with van der Waals surface area (Å²) in [5.74, 6) is 1.89. The standard InChI is InChI=1S/C16H20OS/c1-17-14-8-7-13-10-15(18-16(13)11-14)9-12-5-3-2-4-6-12/h7-8,10-12H,2-6,9H2,1H3. The molecule has 0 radical (unpaired) electrons. The second-order valence-corrected chi connectivity index (χ2v) is 6.49. The highest BCUT2D eigenvalue weighted by Gasteiger charge is 2.15. The van der Waals surface area contributed by atoms with E-state index in [-0.39, 0.29) is 0 Å². The molecule has 1 nitrogen and oxygen atoms in total. The summed E-state index contributed by atoms with van der Waals surface area (Å²) < 4.78 is 6.65. The molecule has 0 atom stereocenters. The van der Waals surface area contributed by atoms with Gasteiger partial charge in [0, 0.05) is 9.58 Å². The third kappa shape index (κ3) is 2.54. The number of methoxy groups -OCH3 is 1. The molecule has 0 saturated heterocycles. The summed E-state index contributed by atoms with van der Waals surface area (Å²) in [6.07, 6.45) is 8.45. The molecule has 1 saturated carbocycles. The first-order chi connectivity index (χ1) is 8.85. The van der Waals surface area contributed by atoms with E-state index >= 15 is 0 Å². The van der Waals surface area contributed by atoms with E-state index in [1.807, 2.05) is 11.3 Å². The Labute approximate surface area is 113 Å². The summed E-state index contributed by atoms with van der Waals surface area (Å²) in [7, 11) is 1.73. The lowest BCUT2D eigenvalue weighted by atomic mass is 9.86. The van der Waals surface area contributed by atoms with Crippen molar-refractivity contribution in [2.75, 3.05) is 7.11 Å². The van der Waals surface area contributed by atoms with E-state index < -0.39 is 0 Å². The van der Waals surface area contributed by atoms with Crippen LogP contribution in [0.5, 0.6) is 5.75 Å². The molecule has 2 aromatic rings. The van der Waals surface area contributed by atoms with Crippen molar-refractivity contribution in [3.63, 3.8) is 0 Å². The van der Waals surface area contributed by atoms with Crippen molar-refractivity contribution < 1.29 is 4.74 Å². The molecule has 0 amide bonds. The number of thiophene rings is 1. The molecule has 1 heterocycles. The lowest BCUT2D eigenvalue weighted by Gasteiger charge is -2.20. The Kier molecular flexibility index (Phi) is 3.55. The van der Waals surface area contributed by atoms with E-state index in [1.165, 1.54) is 48.6 Å². The summed E-state index contributed by atoms with van der Waals surface area (Å²) in [6.45, 7) is 0. The molecular weight excluding hydrogens is 240 g/mol. The second kappa shape index (κ2) is 5.31. The molecule has 0 unspecified atom stereocenters. The number of ether oxygens (including phenoxy) is 1. The Bertz CT molecular complexity index is 523. The molecule has 0 bridgehead atoms. The van der Waals surface area contributed by atoms with Crippen LogP contribution in [0.4, 0.5) is 0 Å². The number of hydrogen-bond acceptors (Lipinski definition) is 2. The maximum absolute atomic E-state index is 5.29. The average molecular weight is 260 g/mol. The van der Waals surface area contributed by atoms with Crippen LogP contribution in [0, 0.1) is 5.92 Å². The van der Waals surface area contributed by atoms with Crippen molar-refractivity contribution in [1.29, 1.82) is 0 Å². The zero-order chi connectivity index (χ0) is 12.4. The normalized spacial score (nSPS) is 17.2. The van der Waals surface area contributed by atoms with Crippen molar-refractivity contribution in [1.82, 2.24) is 0 Å². The van der Waals surface area contributed by atoms with Crippen LogP contribution >= 0.6 is 11.3 Å². The van der Waals surface area contributed by atoms with E-state index in [2.05, 4.69) is 24.3 Å². The van der Waals surface area contributed by atoms with Crippen LogP contribution in [0.2, 0.25) is 0 Å². The first-order valence-corrected chi connectivity index (χ1v) is 7.73. The highest BCUT2D eigenvalue weighted by atomic mass is 32.1. The Hall–Kier alpha value is -1.02. The SMILES string of the molecule is COc1ccc2cc(CC3CCCCC3)sc2c1. The molecule has 1 aromatic heterocycles. The van der Waals surface area contributed by atoms with Crippen LogP contribution in [0.3, 0.4) is 0 Å². The quantitative estimate of drug-likeness (QED) is 0.752. The van der Waals surface area contributed by atoms with Gasteiger partial charge in [-0.05, 0) is 42.0 Å². The van der Waals surface area contributed by atoms with Crippen molar-refractivity contribution in [3.05, 3.63) is 29.1 Å². The van der Waals surface area contributed by atoms with Gasteiger partial charge in [-0.15, -0.1) is 11.3 Å². The largest absolute Gasteiger partial charge is 0.497 e. The van der Waals surface area contributed by atoms with Crippen LogP contribution in [0.25, 0.3) is 10.1 Å². The van der Waals surface area contributed by atoms with Gasteiger partial charge < -0.3 is 4.74 Å². The van der Waals surface area contributed by atoms with Gasteiger partial charge in [-0.3, -0.25) is 0 Å². The fourth-order valence-corrected chi connectivity index (χ4v) is 4.18. The molecule has 0 aliphatic heterocycles. The minimum absolute atomic E-state index is 0.925. The third-order valence-corrected chi connectivity index (χ3v) is 5.11. The molecule has 96 valence electrons. The smallest absolute Gasteiger partial charge is 0.120 e. The summed E-state index contributed by atoms with van der Waals surface area (Å²) in [5, 5.41) is 1.37. The van der Waals surface area contributed by atoms with Crippen LogP contribution < -0.4 is 4.74 Å². The summed E-state index contributed by atoms with van der Waals surface area (Å²) in [6, 6.07) is 8.76. The van der Waals surface area contributed by atoms with Crippen molar-refractivity contribution in [2.45, 2.75) is 38.5 Å². The van der Waals surface area contributed by atoms with Crippen LogP contribution in [0.15, 0.2) is 24.3 Å².